The second kappa shape index (κ2) is 7.00. The van der Waals surface area contributed by atoms with Crippen LogP contribution < -0.4 is 14.8 Å². The number of hydrogen-bond acceptors (Lipinski definition) is 4. The van der Waals surface area contributed by atoms with E-state index in [4.69, 9.17) is 14.6 Å². The van der Waals surface area contributed by atoms with Crippen LogP contribution in [0.3, 0.4) is 0 Å². The molecule has 0 radical (unpaired) electrons. The molecule has 1 saturated heterocycles. The standard InChI is InChI=1S/C14H20N2O4/c1-2-19-13-9-11(10-17)3-4-12(13)20-8-7-16-6-5-15-14(16)18/h3-4,9,17H,2,5-8,10H2,1H3,(H,15,18). The van der Waals surface area contributed by atoms with Gasteiger partial charge in [0.05, 0.1) is 19.8 Å². The van der Waals surface area contributed by atoms with Crippen molar-refractivity contribution in [1.29, 1.82) is 0 Å². The first-order valence-electron chi connectivity index (χ1n) is 6.76. The normalized spacial score (nSPS) is 14.3. The number of aliphatic hydroxyl groups is 1. The Morgan fingerprint density at radius 2 is 2.20 bits per heavy atom. The summed E-state index contributed by atoms with van der Waals surface area (Å²) in [5.41, 5.74) is 0.778. The van der Waals surface area contributed by atoms with Gasteiger partial charge < -0.3 is 24.8 Å². The van der Waals surface area contributed by atoms with E-state index < -0.39 is 0 Å². The van der Waals surface area contributed by atoms with E-state index in [1.165, 1.54) is 0 Å². The average molecular weight is 280 g/mol. The minimum absolute atomic E-state index is 0.0334. The van der Waals surface area contributed by atoms with Gasteiger partial charge in [-0.15, -0.1) is 0 Å². The summed E-state index contributed by atoms with van der Waals surface area (Å²) in [6, 6.07) is 5.29. The molecule has 0 aromatic heterocycles. The van der Waals surface area contributed by atoms with Crippen LogP contribution >= 0.6 is 0 Å². The topological polar surface area (TPSA) is 71.0 Å². The number of amides is 2. The molecule has 2 amide bonds. The highest BCUT2D eigenvalue weighted by Crippen LogP contribution is 2.28. The van der Waals surface area contributed by atoms with Crippen molar-refractivity contribution < 1.29 is 19.4 Å². The van der Waals surface area contributed by atoms with Gasteiger partial charge in [0, 0.05) is 13.1 Å². The highest BCUT2D eigenvalue weighted by molar-refractivity contribution is 5.76. The van der Waals surface area contributed by atoms with Crippen LogP contribution in [0.15, 0.2) is 18.2 Å². The summed E-state index contributed by atoms with van der Waals surface area (Å²) in [4.78, 5) is 13.1. The fraction of sp³-hybridized carbons (Fsp3) is 0.500. The molecule has 0 atom stereocenters. The first-order chi connectivity index (χ1) is 9.74. The van der Waals surface area contributed by atoms with E-state index in [-0.39, 0.29) is 12.6 Å². The number of carbonyl (C=O) groups excluding carboxylic acids is 1. The predicted molar refractivity (Wildman–Crippen MR) is 74.0 cm³/mol. The Balaban J connectivity index is 1.92. The molecule has 2 N–H and O–H groups in total. The van der Waals surface area contributed by atoms with Gasteiger partial charge in [-0.1, -0.05) is 6.07 Å². The Labute approximate surface area is 118 Å². The maximum atomic E-state index is 11.4. The van der Waals surface area contributed by atoms with Crippen molar-refractivity contribution in [2.24, 2.45) is 0 Å². The number of hydrogen-bond donors (Lipinski definition) is 2. The molecule has 1 aliphatic rings. The molecule has 0 spiro atoms. The lowest BCUT2D eigenvalue weighted by atomic mass is 10.2. The first kappa shape index (κ1) is 14.5. The minimum atomic E-state index is -0.0470. The van der Waals surface area contributed by atoms with Gasteiger partial charge >= 0.3 is 6.03 Å². The molecule has 1 aliphatic heterocycles. The summed E-state index contributed by atoms with van der Waals surface area (Å²) < 4.78 is 11.2. The van der Waals surface area contributed by atoms with E-state index >= 15 is 0 Å². The van der Waals surface area contributed by atoms with E-state index in [1.54, 1.807) is 23.1 Å². The monoisotopic (exact) mass is 280 g/mol. The molecule has 1 heterocycles. The van der Waals surface area contributed by atoms with Crippen LogP contribution in [-0.2, 0) is 6.61 Å². The Morgan fingerprint density at radius 3 is 2.85 bits per heavy atom. The largest absolute Gasteiger partial charge is 0.490 e. The number of ether oxygens (including phenoxy) is 2. The van der Waals surface area contributed by atoms with Crippen LogP contribution in [-0.4, -0.2) is 48.9 Å². The molecule has 110 valence electrons. The third-order valence-electron chi connectivity index (χ3n) is 3.05. The van der Waals surface area contributed by atoms with Gasteiger partial charge in [-0.25, -0.2) is 4.79 Å². The van der Waals surface area contributed by atoms with E-state index in [9.17, 15) is 4.79 Å². The molecule has 6 nitrogen and oxygen atoms in total. The number of carbonyl (C=O) groups is 1. The number of nitrogens with one attached hydrogen (secondary N) is 1. The van der Waals surface area contributed by atoms with Gasteiger partial charge in [0.15, 0.2) is 11.5 Å². The van der Waals surface area contributed by atoms with Crippen molar-refractivity contribution in [3.8, 4) is 11.5 Å². The number of benzene rings is 1. The summed E-state index contributed by atoms with van der Waals surface area (Å²) in [5, 5.41) is 11.9. The van der Waals surface area contributed by atoms with E-state index in [2.05, 4.69) is 5.32 Å². The van der Waals surface area contributed by atoms with Crippen LogP contribution in [0.5, 0.6) is 11.5 Å². The molecule has 0 unspecified atom stereocenters. The third kappa shape index (κ3) is 3.54. The van der Waals surface area contributed by atoms with Crippen LogP contribution in [0.1, 0.15) is 12.5 Å². The zero-order valence-electron chi connectivity index (χ0n) is 11.6. The SMILES string of the molecule is CCOc1cc(CO)ccc1OCCN1CCNC1=O. The second-order valence-electron chi connectivity index (χ2n) is 4.44. The molecular weight excluding hydrogens is 260 g/mol. The van der Waals surface area contributed by atoms with Crippen LogP contribution in [0, 0.1) is 0 Å². The van der Waals surface area contributed by atoms with Gasteiger partial charge in [0.2, 0.25) is 0 Å². The molecular formula is C14H20N2O4. The summed E-state index contributed by atoms with van der Waals surface area (Å²) in [6.07, 6.45) is 0. The Kier molecular flexibility index (Phi) is 5.06. The first-order valence-corrected chi connectivity index (χ1v) is 6.76. The van der Waals surface area contributed by atoms with Gasteiger partial charge in [-0.3, -0.25) is 0 Å². The summed E-state index contributed by atoms with van der Waals surface area (Å²) in [7, 11) is 0. The highest BCUT2D eigenvalue weighted by Gasteiger charge is 2.18. The molecule has 20 heavy (non-hydrogen) atoms. The smallest absolute Gasteiger partial charge is 0.317 e. The lowest BCUT2D eigenvalue weighted by Crippen LogP contribution is -2.31. The number of nitrogens with zero attached hydrogens (tertiary/aromatic N) is 1. The van der Waals surface area contributed by atoms with Crippen molar-refractivity contribution >= 4 is 6.03 Å². The quantitative estimate of drug-likeness (QED) is 0.781. The predicted octanol–water partition coefficient (Wildman–Crippen LogP) is 0.982. The van der Waals surface area contributed by atoms with E-state index in [0.29, 0.717) is 44.3 Å². The van der Waals surface area contributed by atoms with Crippen LogP contribution in [0.2, 0.25) is 0 Å². The molecule has 1 aromatic carbocycles. The minimum Gasteiger partial charge on any atom is -0.490 e. The Bertz CT molecular complexity index is 464. The van der Waals surface area contributed by atoms with Crippen LogP contribution in [0.25, 0.3) is 0 Å². The number of aliphatic hydroxyl groups excluding tert-OH is 1. The zero-order valence-corrected chi connectivity index (χ0v) is 11.6. The number of urea groups is 1. The van der Waals surface area contributed by atoms with Gasteiger partial charge in [0.1, 0.15) is 6.61 Å². The van der Waals surface area contributed by atoms with Crippen molar-refractivity contribution in [3.63, 3.8) is 0 Å². The van der Waals surface area contributed by atoms with Crippen molar-refractivity contribution in [2.75, 3.05) is 32.8 Å². The average Bonchev–Trinajstić information content (AvgIpc) is 2.86. The van der Waals surface area contributed by atoms with Crippen molar-refractivity contribution in [3.05, 3.63) is 23.8 Å². The highest BCUT2D eigenvalue weighted by atomic mass is 16.5. The zero-order chi connectivity index (χ0) is 14.4. The third-order valence-corrected chi connectivity index (χ3v) is 3.05. The van der Waals surface area contributed by atoms with Gasteiger partial charge in [-0.2, -0.15) is 0 Å². The summed E-state index contributed by atoms with van der Waals surface area (Å²) >= 11 is 0. The maximum absolute atomic E-state index is 11.4. The Hall–Kier alpha value is -1.95. The lowest BCUT2D eigenvalue weighted by Gasteiger charge is -2.16. The molecule has 6 heteroatoms. The fourth-order valence-corrected chi connectivity index (χ4v) is 2.03. The van der Waals surface area contributed by atoms with Crippen molar-refractivity contribution in [2.45, 2.75) is 13.5 Å². The van der Waals surface area contributed by atoms with Gasteiger partial charge in [-0.05, 0) is 24.6 Å². The molecule has 1 aromatic rings. The molecule has 0 saturated carbocycles. The molecule has 0 bridgehead atoms. The van der Waals surface area contributed by atoms with E-state index in [1.807, 2.05) is 6.92 Å². The summed E-state index contributed by atoms with van der Waals surface area (Å²) in [6.45, 7) is 4.74. The van der Waals surface area contributed by atoms with Crippen LogP contribution in [0.4, 0.5) is 4.79 Å². The molecule has 1 fully saturated rings. The van der Waals surface area contributed by atoms with Crippen molar-refractivity contribution in [1.82, 2.24) is 10.2 Å². The number of rotatable bonds is 7. The fourth-order valence-electron chi connectivity index (χ4n) is 2.03. The molecule has 0 aliphatic carbocycles. The molecule has 2 rings (SSSR count). The second-order valence-corrected chi connectivity index (χ2v) is 4.44. The lowest BCUT2D eigenvalue weighted by molar-refractivity contribution is 0.200. The summed E-state index contributed by atoms with van der Waals surface area (Å²) in [5.74, 6) is 1.24. The van der Waals surface area contributed by atoms with Gasteiger partial charge in [0.25, 0.3) is 0 Å². The maximum Gasteiger partial charge on any atom is 0.317 e. The Morgan fingerprint density at radius 1 is 1.35 bits per heavy atom. The van der Waals surface area contributed by atoms with E-state index in [0.717, 1.165) is 5.56 Å².